The minimum absolute atomic E-state index is 0.221. The van der Waals surface area contributed by atoms with Crippen LogP contribution < -0.4 is 10.5 Å². The molecule has 0 amide bonds. The van der Waals surface area contributed by atoms with E-state index in [-0.39, 0.29) is 5.60 Å². The Morgan fingerprint density at radius 1 is 1.31 bits per heavy atom. The largest absolute Gasteiger partial charge is 0.483 e. The van der Waals surface area contributed by atoms with Crippen molar-refractivity contribution in [2.75, 3.05) is 5.73 Å². The minimum atomic E-state index is -0.221. The quantitative estimate of drug-likeness (QED) is 0.615. The zero-order valence-corrected chi connectivity index (χ0v) is 7.87. The van der Waals surface area contributed by atoms with Crippen LogP contribution in [0.25, 0.3) is 6.08 Å². The predicted molar refractivity (Wildman–Crippen MR) is 54.6 cm³/mol. The molecule has 1 aliphatic heterocycles. The van der Waals surface area contributed by atoms with E-state index in [2.05, 4.69) is 6.08 Å². The van der Waals surface area contributed by atoms with Crippen molar-refractivity contribution in [1.29, 1.82) is 0 Å². The Hall–Kier alpha value is -1.44. The summed E-state index contributed by atoms with van der Waals surface area (Å²) in [5, 5.41) is 0. The molecule has 0 radical (unpaired) electrons. The second kappa shape index (κ2) is 2.52. The number of nitrogens with two attached hydrogens (primary N) is 1. The van der Waals surface area contributed by atoms with Gasteiger partial charge < -0.3 is 10.5 Å². The molecular weight excluding hydrogens is 162 g/mol. The van der Waals surface area contributed by atoms with E-state index in [9.17, 15) is 0 Å². The van der Waals surface area contributed by atoms with Crippen molar-refractivity contribution in [3.8, 4) is 5.75 Å². The van der Waals surface area contributed by atoms with Gasteiger partial charge in [-0.3, -0.25) is 0 Å². The molecule has 0 bridgehead atoms. The van der Waals surface area contributed by atoms with Gasteiger partial charge in [0.1, 0.15) is 11.4 Å². The van der Waals surface area contributed by atoms with E-state index in [1.54, 1.807) is 0 Å². The molecule has 2 heteroatoms. The smallest absolute Gasteiger partial charge is 0.129 e. The van der Waals surface area contributed by atoms with Crippen LogP contribution >= 0.6 is 0 Å². The minimum Gasteiger partial charge on any atom is -0.483 e. The Bertz CT molecular complexity index is 366. The van der Waals surface area contributed by atoms with Crippen molar-refractivity contribution in [3.05, 3.63) is 29.8 Å². The maximum absolute atomic E-state index is 5.73. The number of rotatable bonds is 0. The third-order valence-electron chi connectivity index (χ3n) is 2.07. The maximum Gasteiger partial charge on any atom is 0.129 e. The molecule has 2 nitrogen and oxygen atoms in total. The van der Waals surface area contributed by atoms with E-state index >= 15 is 0 Å². The summed E-state index contributed by atoms with van der Waals surface area (Å²) in [6.45, 7) is 4.05. The lowest BCUT2D eigenvalue weighted by atomic mass is 10.0. The number of anilines is 1. The van der Waals surface area contributed by atoms with Gasteiger partial charge in [0, 0.05) is 17.3 Å². The fourth-order valence-corrected chi connectivity index (χ4v) is 1.38. The fourth-order valence-electron chi connectivity index (χ4n) is 1.38. The van der Waals surface area contributed by atoms with Gasteiger partial charge in [-0.15, -0.1) is 0 Å². The normalized spacial score (nSPS) is 17.7. The summed E-state index contributed by atoms with van der Waals surface area (Å²) in [5.74, 6) is 0.868. The summed E-state index contributed by atoms with van der Waals surface area (Å²) >= 11 is 0. The maximum atomic E-state index is 5.73. The van der Waals surface area contributed by atoms with Gasteiger partial charge in [0.2, 0.25) is 0 Å². The lowest BCUT2D eigenvalue weighted by Gasteiger charge is -2.27. The Morgan fingerprint density at radius 3 is 2.85 bits per heavy atom. The van der Waals surface area contributed by atoms with Crippen LogP contribution in [-0.2, 0) is 0 Å². The molecule has 68 valence electrons. The summed E-state index contributed by atoms with van der Waals surface area (Å²) < 4.78 is 5.73. The third-order valence-corrected chi connectivity index (χ3v) is 2.07. The molecule has 1 aromatic rings. The summed E-state index contributed by atoms with van der Waals surface area (Å²) in [5.41, 5.74) is 7.28. The van der Waals surface area contributed by atoms with Gasteiger partial charge in [0.05, 0.1) is 0 Å². The number of benzene rings is 1. The van der Waals surface area contributed by atoms with E-state index in [1.807, 2.05) is 38.1 Å². The molecule has 0 spiro atoms. The van der Waals surface area contributed by atoms with Gasteiger partial charge in [0.15, 0.2) is 0 Å². The predicted octanol–water partition coefficient (Wildman–Crippen LogP) is 2.45. The average molecular weight is 175 g/mol. The van der Waals surface area contributed by atoms with Gasteiger partial charge in [-0.25, -0.2) is 0 Å². The first kappa shape index (κ1) is 8.17. The van der Waals surface area contributed by atoms with Gasteiger partial charge in [-0.2, -0.15) is 0 Å². The van der Waals surface area contributed by atoms with Gasteiger partial charge in [-0.05, 0) is 32.1 Å². The highest BCUT2D eigenvalue weighted by Gasteiger charge is 2.21. The highest BCUT2D eigenvalue weighted by Crippen LogP contribution is 2.31. The lowest BCUT2D eigenvalue weighted by molar-refractivity contribution is 0.159. The van der Waals surface area contributed by atoms with E-state index in [0.29, 0.717) is 0 Å². The Kier molecular flexibility index (Phi) is 1.59. The topological polar surface area (TPSA) is 35.2 Å². The Morgan fingerprint density at radius 2 is 2.08 bits per heavy atom. The molecule has 1 heterocycles. The molecule has 0 aliphatic carbocycles. The van der Waals surface area contributed by atoms with Crippen LogP contribution in [0, 0.1) is 0 Å². The molecule has 1 aromatic carbocycles. The number of ether oxygens (including phenoxy) is 1. The fraction of sp³-hybridized carbons (Fsp3) is 0.273. The van der Waals surface area contributed by atoms with Crippen LogP contribution in [-0.4, -0.2) is 5.60 Å². The molecule has 0 unspecified atom stereocenters. The van der Waals surface area contributed by atoms with Gasteiger partial charge in [0.25, 0.3) is 0 Å². The van der Waals surface area contributed by atoms with E-state index < -0.39 is 0 Å². The van der Waals surface area contributed by atoms with Crippen LogP contribution in [0.5, 0.6) is 5.75 Å². The van der Waals surface area contributed by atoms with Crippen LogP contribution in [0.4, 0.5) is 5.69 Å². The lowest BCUT2D eigenvalue weighted by Crippen LogP contribution is -2.27. The van der Waals surface area contributed by atoms with Crippen LogP contribution in [0.1, 0.15) is 19.4 Å². The third kappa shape index (κ3) is 1.52. The first-order valence-corrected chi connectivity index (χ1v) is 4.35. The number of fused-ring (bicyclic) bond motifs is 1. The Balaban J connectivity index is 2.48. The highest BCUT2D eigenvalue weighted by molar-refractivity contribution is 5.64. The molecule has 0 fully saturated rings. The Labute approximate surface area is 78.0 Å². The first-order chi connectivity index (χ1) is 6.07. The van der Waals surface area contributed by atoms with Crippen molar-refractivity contribution in [1.82, 2.24) is 0 Å². The summed E-state index contributed by atoms with van der Waals surface area (Å²) in [6.07, 6.45) is 4.11. The average Bonchev–Trinajstić information content (AvgIpc) is 2.01. The summed E-state index contributed by atoms with van der Waals surface area (Å²) in [7, 11) is 0. The van der Waals surface area contributed by atoms with Crippen molar-refractivity contribution in [3.63, 3.8) is 0 Å². The van der Waals surface area contributed by atoms with Gasteiger partial charge >= 0.3 is 0 Å². The van der Waals surface area contributed by atoms with Crippen molar-refractivity contribution in [2.45, 2.75) is 19.4 Å². The number of hydrogen-bond acceptors (Lipinski definition) is 2. The van der Waals surface area contributed by atoms with Crippen LogP contribution in [0.3, 0.4) is 0 Å². The van der Waals surface area contributed by atoms with E-state index in [4.69, 9.17) is 10.5 Å². The summed E-state index contributed by atoms with van der Waals surface area (Å²) in [4.78, 5) is 0. The van der Waals surface area contributed by atoms with Crippen LogP contribution in [0.15, 0.2) is 24.3 Å². The zero-order chi connectivity index (χ0) is 9.47. The highest BCUT2D eigenvalue weighted by atomic mass is 16.5. The second-order valence-corrected chi connectivity index (χ2v) is 3.84. The molecule has 13 heavy (non-hydrogen) atoms. The zero-order valence-electron chi connectivity index (χ0n) is 7.87. The SMILES string of the molecule is CC1(C)C=Cc2ccc(N)cc2O1. The molecule has 1 aliphatic rings. The molecule has 0 saturated heterocycles. The molecular formula is C11H13NO. The van der Waals surface area contributed by atoms with E-state index in [0.717, 1.165) is 17.0 Å². The molecule has 0 aromatic heterocycles. The molecule has 0 atom stereocenters. The monoisotopic (exact) mass is 175 g/mol. The second-order valence-electron chi connectivity index (χ2n) is 3.84. The van der Waals surface area contributed by atoms with Crippen molar-refractivity contribution < 1.29 is 4.74 Å². The number of nitrogen functional groups attached to an aromatic ring is 1. The molecule has 0 saturated carbocycles. The van der Waals surface area contributed by atoms with E-state index in [1.165, 1.54) is 0 Å². The van der Waals surface area contributed by atoms with Crippen molar-refractivity contribution in [2.24, 2.45) is 0 Å². The van der Waals surface area contributed by atoms with Crippen molar-refractivity contribution >= 4 is 11.8 Å². The number of hydrogen-bond donors (Lipinski definition) is 1. The molecule has 2 rings (SSSR count). The van der Waals surface area contributed by atoms with Crippen LogP contribution in [0.2, 0.25) is 0 Å². The standard InChI is InChI=1S/C11H13NO/c1-11(2)6-5-8-3-4-9(12)7-10(8)13-11/h3-7H,12H2,1-2H3. The van der Waals surface area contributed by atoms with Gasteiger partial charge in [-0.1, -0.05) is 6.08 Å². The summed E-state index contributed by atoms with van der Waals surface area (Å²) in [6, 6.07) is 5.71. The molecule has 2 N–H and O–H groups in total. The first-order valence-electron chi connectivity index (χ1n) is 4.35.